The number of halogens is 1. The Morgan fingerprint density at radius 1 is 1.22 bits per heavy atom. The smallest absolute Gasteiger partial charge is 0.130 e. The Hall–Kier alpha value is -1.09. The van der Waals surface area contributed by atoms with Crippen LogP contribution in [-0.2, 0) is 5.41 Å². The predicted molar refractivity (Wildman–Crippen MR) is 82.4 cm³/mol. The molecular weight excluding hydrogens is 288 g/mol. The molecular formula is C15H19BrN2. The molecule has 1 aromatic heterocycles. The zero-order valence-electron chi connectivity index (χ0n) is 11.6. The second kappa shape index (κ2) is 4.54. The highest BCUT2D eigenvalue weighted by Gasteiger charge is 2.20. The van der Waals surface area contributed by atoms with E-state index < -0.39 is 0 Å². The molecule has 0 aliphatic rings. The van der Waals surface area contributed by atoms with Gasteiger partial charge in [-0.15, -0.1) is 0 Å². The van der Waals surface area contributed by atoms with Gasteiger partial charge in [-0.05, 0) is 30.0 Å². The number of rotatable bonds is 1. The minimum Gasteiger partial charge on any atom is -0.373 e. The average molecular weight is 307 g/mol. The third kappa shape index (κ3) is 2.24. The second-order valence-electron chi connectivity index (χ2n) is 5.63. The Kier molecular flexibility index (Phi) is 3.37. The van der Waals surface area contributed by atoms with Crippen molar-refractivity contribution in [3.63, 3.8) is 0 Å². The van der Waals surface area contributed by atoms with E-state index in [1.807, 2.05) is 7.05 Å². The van der Waals surface area contributed by atoms with Gasteiger partial charge in [0.05, 0.1) is 5.52 Å². The molecule has 0 fully saturated rings. The molecule has 3 heteroatoms. The summed E-state index contributed by atoms with van der Waals surface area (Å²) in [4.78, 5) is 4.78. The highest BCUT2D eigenvalue weighted by atomic mass is 79.9. The molecule has 96 valence electrons. The lowest BCUT2D eigenvalue weighted by molar-refractivity contribution is 0.591. The van der Waals surface area contributed by atoms with Gasteiger partial charge in [-0.25, -0.2) is 4.98 Å². The van der Waals surface area contributed by atoms with Gasteiger partial charge in [0, 0.05) is 22.5 Å². The van der Waals surface area contributed by atoms with Gasteiger partial charge in [0.2, 0.25) is 0 Å². The molecule has 0 aliphatic carbocycles. The Bertz CT molecular complexity index is 597. The lowest BCUT2D eigenvalue weighted by Gasteiger charge is -2.23. The van der Waals surface area contributed by atoms with Crippen molar-refractivity contribution in [2.75, 3.05) is 12.4 Å². The summed E-state index contributed by atoms with van der Waals surface area (Å²) in [5.74, 6) is 0.969. The molecule has 1 heterocycles. The van der Waals surface area contributed by atoms with Crippen molar-refractivity contribution in [3.05, 3.63) is 33.8 Å². The van der Waals surface area contributed by atoms with Gasteiger partial charge in [0.15, 0.2) is 0 Å². The van der Waals surface area contributed by atoms with E-state index in [0.29, 0.717) is 0 Å². The van der Waals surface area contributed by atoms with Crippen LogP contribution in [0, 0.1) is 6.92 Å². The lowest BCUT2D eigenvalue weighted by atomic mass is 9.86. The number of benzene rings is 1. The summed E-state index contributed by atoms with van der Waals surface area (Å²) in [5.41, 5.74) is 3.57. The number of aromatic nitrogens is 1. The fourth-order valence-electron chi connectivity index (χ4n) is 2.12. The number of hydrogen-bond acceptors (Lipinski definition) is 2. The van der Waals surface area contributed by atoms with Gasteiger partial charge in [-0.3, -0.25) is 0 Å². The normalized spacial score (nSPS) is 11.9. The van der Waals surface area contributed by atoms with E-state index in [0.717, 1.165) is 15.8 Å². The van der Waals surface area contributed by atoms with Crippen molar-refractivity contribution in [1.82, 2.24) is 4.98 Å². The molecule has 2 nitrogen and oxygen atoms in total. The summed E-state index contributed by atoms with van der Waals surface area (Å²) < 4.78 is 1.10. The topological polar surface area (TPSA) is 24.9 Å². The number of aryl methyl sites for hydroxylation is 1. The maximum atomic E-state index is 4.78. The summed E-state index contributed by atoms with van der Waals surface area (Å²) >= 11 is 3.56. The number of nitrogens with zero attached hydrogens (tertiary/aromatic N) is 1. The third-order valence-electron chi connectivity index (χ3n) is 3.22. The Morgan fingerprint density at radius 3 is 2.44 bits per heavy atom. The predicted octanol–water partition coefficient (Wildman–Crippen LogP) is 4.64. The first-order valence-electron chi connectivity index (χ1n) is 6.12. The first-order chi connectivity index (χ1) is 8.34. The maximum absolute atomic E-state index is 4.78. The van der Waals surface area contributed by atoms with E-state index >= 15 is 0 Å². The molecule has 0 radical (unpaired) electrons. The van der Waals surface area contributed by atoms with E-state index in [2.05, 4.69) is 67.1 Å². The van der Waals surface area contributed by atoms with Crippen LogP contribution in [-0.4, -0.2) is 12.0 Å². The fraction of sp³-hybridized carbons (Fsp3) is 0.400. The van der Waals surface area contributed by atoms with Crippen molar-refractivity contribution < 1.29 is 0 Å². The van der Waals surface area contributed by atoms with E-state index in [-0.39, 0.29) is 5.41 Å². The molecule has 0 aliphatic heterocycles. The van der Waals surface area contributed by atoms with Crippen LogP contribution in [0.2, 0.25) is 0 Å². The highest BCUT2D eigenvalue weighted by Crippen LogP contribution is 2.33. The van der Waals surface area contributed by atoms with E-state index in [4.69, 9.17) is 4.98 Å². The molecule has 0 bridgehead atoms. The number of nitrogens with one attached hydrogen (secondary N) is 1. The Morgan fingerprint density at radius 2 is 1.89 bits per heavy atom. The molecule has 1 N–H and O–H groups in total. The van der Waals surface area contributed by atoms with E-state index in [9.17, 15) is 0 Å². The molecule has 0 saturated heterocycles. The van der Waals surface area contributed by atoms with Crippen LogP contribution in [0.15, 0.2) is 22.7 Å². The molecule has 0 amide bonds. The fourth-order valence-corrected chi connectivity index (χ4v) is 2.44. The quantitative estimate of drug-likeness (QED) is 0.830. The SMILES string of the molecule is CNc1nc2c(C)c(Br)ccc2cc1C(C)(C)C. The van der Waals surface area contributed by atoms with E-state index in [1.54, 1.807) is 0 Å². The molecule has 0 saturated carbocycles. The molecule has 1 aromatic carbocycles. The van der Waals surface area contributed by atoms with Gasteiger partial charge >= 0.3 is 0 Å². The second-order valence-corrected chi connectivity index (χ2v) is 6.48. The zero-order valence-corrected chi connectivity index (χ0v) is 13.1. The first kappa shape index (κ1) is 13.3. The van der Waals surface area contributed by atoms with Gasteiger partial charge in [-0.2, -0.15) is 0 Å². The average Bonchev–Trinajstić information content (AvgIpc) is 2.31. The maximum Gasteiger partial charge on any atom is 0.130 e. The minimum atomic E-state index is 0.0838. The largest absolute Gasteiger partial charge is 0.373 e. The number of anilines is 1. The van der Waals surface area contributed by atoms with Gasteiger partial charge in [0.1, 0.15) is 5.82 Å². The minimum absolute atomic E-state index is 0.0838. The van der Waals surface area contributed by atoms with Crippen LogP contribution >= 0.6 is 15.9 Å². The van der Waals surface area contributed by atoms with Crippen LogP contribution in [0.3, 0.4) is 0 Å². The summed E-state index contributed by atoms with van der Waals surface area (Å²) in [7, 11) is 1.93. The van der Waals surface area contributed by atoms with Crippen molar-refractivity contribution in [1.29, 1.82) is 0 Å². The summed E-state index contributed by atoms with van der Waals surface area (Å²) in [6, 6.07) is 6.45. The molecule has 2 rings (SSSR count). The summed E-state index contributed by atoms with van der Waals surface area (Å²) in [6.07, 6.45) is 0. The zero-order chi connectivity index (χ0) is 13.5. The van der Waals surface area contributed by atoms with Gasteiger partial charge in [-0.1, -0.05) is 42.8 Å². The monoisotopic (exact) mass is 306 g/mol. The van der Waals surface area contributed by atoms with Gasteiger partial charge in [0.25, 0.3) is 0 Å². The van der Waals surface area contributed by atoms with Crippen molar-refractivity contribution in [3.8, 4) is 0 Å². The van der Waals surface area contributed by atoms with E-state index in [1.165, 1.54) is 16.5 Å². The Balaban J connectivity index is 2.81. The van der Waals surface area contributed by atoms with Crippen molar-refractivity contribution in [2.24, 2.45) is 0 Å². The first-order valence-corrected chi connectivity index (χ1v) is 6.92. The lowest BCUT2D eigenvalue weighted by Crippen LogP contribution is -2.15. The molecule has 0 atom stereocenters. The van der Waals surface area contributed by atoms with Crippen molar-refractivity contribution >= 4 is 32.7 Å². The third-order valence-corrected chi connectivity index (χ3v) is 4.08. The van der Waals surface area contributed by atoms with Crippen LogP contribution in [0.25, 0.3) is 10.9 Å². The summed E-state index contributed by atoms with van der Waals surface area (Å²) in [6.45, 7) is 8.73. The molecule has 0 spiro atoms. The highest BCUT2D eigenvalue weighted by molar-refractivity contribution is 9.10. The van der Waals surface area contributed by atoms with Crippen LogP contribution < -0.4 is 5.32 Å². The van der Waals surface area contributed by atoms with Crippen molar-refractivity contribution in [2.45, 2.75) is 33.1 Å². The number of hydrogen-bond donors (Lipinski definition) is 1. The van der Waals surface area contributed by atoms with Crippen LogP contribution in [0.4, 0.5) is 5.82 Å². The molecule has 18 heavy (non-hydrogen) atoms. The summed E-state index contributed by atoms with van der Waals surface area (Å²) in [5, 5.41) is 4.41. The standard InChI is InChI=1S/C15H19BrN2/c1-9-12(16)7-6-10-8-11(15(2,3)4)14(17-5)18-13(9)10/h6-8H,1-5H3,(H,17,18). The van der Waals surface area contributed by atoms with Crippen LogP contribution in [0.1, 0.15) is 31.9 Å². The molecule has 2 aromatic rings. The number of pyridine rings is 1. The number of fused-ring (bicyclic) bond motifs is 1. The molecule has 0 unspecified atom stereocenters. The van der Waals surface area contributed by atoms with Gasteiger partial charge < -0.3 is 5.32 Å². The Labute approximate surface area is 117 Å². The van der Waals surface area contributed by atoms with Crippen LogP contribution in [0.5, 0.6) is 0 Å².